The summed E-state index contributed by atoms with van der Waals surface area (Å²) < 4.78 is 5.21. The van der Waals surface area contributed by atoms with Gasteiger partial charge in [0.05, 0.1) is 19.4 Å². The number of rotatable bonds is 7. The van der Waals surface area contributed by atoms with Gasteiger partial charge in [-0.05, 0) is 23.3 Å². The van der Waals surface area contributed by atoms with Gasteiger partial charge in [0, 0.05) is 52.0 Å². The van der Waals surface area contributed by atoms with Gasteiger partial charge < -0.3 is 9.64 Å². The zero-order valence-corrected chi connectivity index (χ0v) is 18.6. The zero-order valence-electron chi connectivity index (χ0n) is 18.6. The lowest BCUT2D eigenvalue weighted by Gasteiger charge is -2.34. The van der Waals surface area contributed by atoms with Crippen molar-refractivity contribution in [2.24, 2.45) is 5.10 Å². The standard InChI is InChI=1S/C25H30N4O3/c1-32-22-9-7-20(8-10-22)19-27-15-17-28(18-16-27)24(30)11-12-25(31)29-14-13-23(26-29)21-5-3-2-4-6-21/h2-10H,11-19H2,1H3. The smallest absolute Gasteiger partial charge is 0.243 e. The van der Waals surface area contributed by atoms with E-state index in [0.29, 0.717) is 19.6 Å². The fourth-order valence-corrected chi connectivity index (χ4v) is 4.12. The van der Waals surface area contributed by atoms with Crippen LogP contribution in [0.1, 0.15) is 30.4 Å². The van der Waals surface area contributed by atoms with Gasteiger partial charge in [-0.25, -0.2) is 5.01 Å². The molecule has 0 aliphatic carbocycles. The highest BCUT2D eigenvalue weighted by molar-refractivity contribution is 6.02. The highest BCUT2D eigenvalue weighted by Gasteiger charge is 2.25. The fraction of sp³-hybridized carbons (Fsp3) is 0.400. The zero-order chi connectivity index (χ0) is 22.3. The van der Waals surface area contributed by atoms with E-state index in [-0.39, 0.29) is 24.7 Å². The van der Waals surface area contributed by atoms with E-state index in [9.17, 15) is 9.59 Å². The van der Waals surface area contributed by atoms with Crippen molar-refractivity contribution in [3.05, 3.63) is 65.7 Å². The number of hydrogen-bond donors (Lipinski definition) is 0. The van der Waals surface area contributed by atoms with Crippen LogP contribution in [0.25, 0.3) is 0 Å². The summed E-state index contributed by atoms with van der Waals surface area (Å²) in [4.78, 5) is 29.4. The van der Waals surface area contributed by atoms with E-state index < -0.39 is 0 Å². The van der Waals surface area contributed by atoms with Gasteiger partial charge in [-0.3, -0.25) is 14.5 Å². The Bertz CT molecular complexity index is 951. The summed E-state index contributed by atoms with van der Waals surface area (Å²) in [6.07, 6.45) is 1.19. The van der Waals surface area contributed by atoms with Crippen molar-refractivity contribution in [1.29, 1.82) is 0 Å². The largest absolute Gasteiger partial charge is 0.497 e. The molecule has 0 radical (unpaired) electrons. The van der Waals surface area contributed by atoms with E-state index in [4.69, 9.17) is 4.74 Å². The average Bonchev–Trinajstić information content (AvgIpc) is 3.34. The summed E-state index contributed by atoms with van der Waals surface area (Å²) in [5, 5.41) is 5.99. The molecule has 0 spiro atoms. The minimum atomic E-state index is -0.0811. The van der Waals surface area contributed by atoms with Gasteiger partial charge in [-0.2, -0.15) is 5.10 Å². The normalized spacial score (nSPS) is 16.7. The average molecular weight is 435 g/mol. The lowest BCUT2D eigenvalue weighted by atomic mass is 10.1. The number of methoxy groups -OCH3 is 1. The van der Waals surface area contributed by atoms with Gasteiger partial charge in [0.1, 0.15) is 5.75 Å². The summed E-state index contributed by atoms with van der Waals surface area (Å²) in [7, 11) is 1.67. The summed E-state index contributed by atoms with van der Waals surface area (Å²) in [6.45, 7) is 4.51. The summed E-state index contributed by atoms with van der Waals surface area (Å²) >= 11 is 0. The van der Waals surface area contributed by atoms with Crippen LogP contribution in [0.4, 0.5) is 0 Å². The molecule has 7 heteroatoms. The molecule has 2 aromatic carbocycles. The van der Waals surface area contributed by atoms with E-state index in [1.165, 1.54) is 10.6 Å². The van der Waals surface area contributed by atoms with Crippen LogP contribution >= 0.6 is 0 Å². The number of amides is 2. The number of carbonyl (C=O) groups is 2. The van der Waals surface area contributed by atoms with Gasteiger partial charge in [-0.1, -0.05) is 42.5 Å². The van der Waals surface area contributed by atoms with Crippen molar-refractivity contribution in [1.82, 2.24) is 14.8 Å². The summed E-state index contributed by atoms with van der Waals surface area (Å²) in [6, 6.07) is 18.0. The van der Waals surface area contributed by atoms with Crippen molar-refractivity contribution >= 4 is 17.5 Å². The van der Waals surface area contributed by atoms with Crippen molar-refractivity contribution in [2.45, 2.75) is 25.8 Å². The Hall–Kier alpha value is -3.19. The predicted octanol–water partition coefficient (Wildman–Crippen LogP) is 2.76. The maximum Gasteiger partial charge on any atom is 0.243 e. The monoisotopic (exact) mass is 434 g/mol. The van der Waals surface area contributed by atoms with Crippen LogP contribution in [-0.2, 0) is 16.1 Å². The Morgan fingerprint density at radius 2 is 1.56 bits per heavy atom. The molecular formula is C25H30N4O3. The summed E-state index contributed by atoms with van der Waals surface area (Å²) in [5.74, 6) is 0.825. The quantitative estimate of drug-likeness (QED) is 0.672. The Balaban J connectivity index is 1.20. The van der Waals surface area contributed by atoms with Crippen LogP contribution in [0.15, 0.2) is 59.7 Å². The molecule has 0 N–H and O–H groups in total. The molecule has 32 heavy (non-hydrogen) atoms. The molecule has 2 heterocycles. The maximum absolute atomic E-state index is 12.6. The molecular weight excluding hydrogens is 404 g/mol. The number of benzene rings is 2. The molecule has 1 saturated heterocycles. The SMILES string of the molecule is COc1ccc(CN2CCN(C(=O)CCC(=O)N3CCC(c4ccccc4)=N3)CC2)cc1. The molecule has 0 bridgehead atoms. The molecule has 2 amide bonds. The number of hydrazone groups is 1. The van der Waals surface area contributed by atoms with Crippen molar-refractivity contribution in [2.75, 3.05) is 39.8 Å². The highest BCUT2D eigenvalue weighted by atomic mass is 16.5. The van der Waals surface area contributed by atoms with E-state index >= 15 is 0 Å². The van der Waals surface area contributed by atoms with E-state index in [0.717, 1.165) is 43.1 Å². The number of hydrogen-bond acceptors (Lipinski definition) is 5. The molecule has 0 saturated carbocycles. The molecule has 2 aliphatic heterocycles. The molecule has 7 nitrogen and oxygen atoms in total. The third-order valence-corrected chi connectivity index (χ3v) is 6.04. The highest BCUT2D eigenvalue weighted by Crippen LogP contribution is 2.17. The molecule has 0 aromatic heterocycles. The topological polar surface area (TPSA) is 65.5 Å². The fourth-order valence-electron chi connectivity index (χ4n) is 4.12. The van der Waals surface area contributed by atoms with E-state index in [1.54, 1.807) is 7.11 Å². The first-order valence-corrected chi connectivity index (χ1v) is 11.2. The molecule has 4 rings (SSSR count). The van der Waals surface area contributed by atoms with Crippen molar-refractivity contribution in [3.63, 3.8) is 0 Å². The Morgan fingerprint density at radius 1 is 0.875 bits per heavy atom. The maximum atomic E-state index is 12.6. The molecule has 168 valence electrons. The number of ether oxygens (including phenoxy) is 1. The first-order valence-electron chi connectivity index (χ1n) is 11.2. The van der Waals surface area contributed by atoms with E-state index in [1.807, 2.05) is 47.4 Å². The predicted molar refractivity (Wildman–Crippen MR) is 123 cm³/mol. The van der Waals surface area contributed by atoms with Crippen LogP contribution < -0.4 is 4.74 Å². The van der Waals surface area contributed by atoms with Gasteiger partial charge in [0.2, 0.25) is 11.8 Å². The third-order valence-electron chi connectivity index (χ3n) is 6.04. The van der Waals surface area contributed by atoms with Crippen LogP contribution in [0.2, 0.25) is 0 Å². The van der Waals surface area contributed by atoms with Gasteiger partial charge >= 0.3 is 0 Å². The van der Waals surface area contributed by atoms with Crippen LogP contribution in [0.3, 0.4) is 0 Å². The molecule has 0 atom stereocenters. The minimum absolute atomic E-state index is 0.0499. The minimum Gasteiger partial charge on any atom is -0.497 e. The van der Waals surface area contributed by atoms with Crippen LogP contribution in [-0.4, -0.2) is 72.2 Å². The first kappa shape index (κ1) is 22.0. The Labute approximate surface area is 189 Å². The van der Waals surface area contributed by atoms with Crippen LogP contribution in [0.5, 0.6) is 5.75 Å². The van der Waals surface area contributed by atoms with E-state index in [2.05, 4.69) is 22.1 Å². The summed E-state index contributed by atoms with van der Waals surface area (Å²) in [5.41, 5.74) is 3.21. The van der Waals surface area contributed by atoms with Gasteiger partial charge in [0.15, 0.2) is 0 Å². The molecule has 2 aromatic rings. The molecule has 2 aliphatic rings. The van der Waals surface area contributed by atoms with Crippen molar-refractivity contribution < 1.29 is 14.3 Å². The second-order valence-electron chi connectivity index (χ2n) is 8.18. The Kier molecular flexibility index (Phi) is 7.17. The van der Waals surface area contributed by atoms with Gasteiger partial charge in [-0.15, -0.1) is 0 Å². The Morgan fingerprint density at radius 3 is 2.25 bits per heavy atom. The first-order chi connectivity index (χ1) is 15.6. The third kappa shape index (κ3) is 5.53. The number of carbonyl (C=O) groups excluding carboxylic acids is 2. The molecule has 1 fully saturated rings. The van der Waals surface area contributed by atoms with Gasteiger partial charge in [0.25, 0.3) is 0 Å². The lowest BCUT2D eigenvalue weighted by Crippen LogP contribution is -2.48. The number of nitrogens with zero attached hydrogens (tertiary/aromatic N) is 4. The second-order valence-corrected chi connectivity index (χ2v) is 8.18. The van der Waals surface area contributed by atoms with Crippen LogP contribution in [0, 0.1) is 0 Å². The van der Waals surface area contributed by atoms with Crippen molar-refractivity contribution in [3.8, 4) is 5.75 Å². The lowest BCUT2D eigenvalue weighted by molar-refractivity contribution is -0.137. The second kappa shape index (κ2) is 10.4. The molecule has 0 unspecified atom stereocenters. The number of piperazine rings is 1.